The van der Waals surface area contributed by atoms with Gasteiger partial charge in [-0.25, -0.2) is 0 Å². The van der Waals surface area contributed by atoms with Crippen molar-refractivity contribution in [2.24, 2.45) is 17.8 Å². The Bertz CT molecular complexity index is 560. The summed E-state index contributed by atoms with van der Waals surface area (Å²) in [6.07, 6.45) is 5.81. The third-order valence-electron chi connectivity index (χ3n) is 5.46. The fourth-order valence-corrected chi connectivity index (χ4v) is 4.84. The molecule has 106 valence electrons. The maximum atomic E-state index is 11.7. The lowest BCUT2D eigenvalue weighted by molar-refractivity contribution is -0.118. The lowest BCUT2D eigenvalue weighted by Crippen LogP contribution is -2.31. The van der Waals surface area contributed by atoms with E-state index in [0.29, 0.717) is 11.2 Å². The molecule has 0 saturated heterocycles. The second-order valence-electron chi connectivity index (χ2n) is 6.73. The van der Waals surface area contributed by atoms with Gasteiger partial charge in [-0.2, -0.15) is 0 Å². The van der Waals surface area contributed by atoms with Gasteiger partial charge in [-0.15, -0.1) is 0 Å². The molecule has 1 heterocycles. The molecule has 1 aliphatic heterocycles. The van der Waals surface area contributed by atoms with Gasteiger partial charge < -0.3 is 4.90 Å². The number of aryl methyl sites for hydroxylation is 1. The highest BCUT2D eigenvalue weighted by Crippen LogP contribution is 2.58. The van der Waals surface area contributed by atoms with Crippen molar-refractivity contribution in [3.05, 3.63) is 29.3 Å². The number of benzene rings is 1. The van der Waals surface area contributed by atoms with E-state index in [9.17, 15) is 4.79 Å². The van der Waals surface area contributed by atoms with Crippen LogP contribution in [0.1, 0.15) is 41.6 Å². The standard InChI is InChI=1S/C17H20BrNO/c1-19-15-4-2-11(6-10(15)3-5-16(19)20)17(18)14-8-12-7-13(12)9-14/h2,4,6,12-14,17H,3,5,7-9H2,1H3. The predicted molar refractivity (Wildman–Crippen MR) is 84.2 cm³/mol. The van der Waals surface area contributed by atoms with Crippen LogP contribution in [0, 0.1) is 17.8 Å². The van der Waals surface area contributed by atoms with E-state index in [-0.39, 0.29) is 5.91 Å². The fourth-order valence-electron chi connectivity index (χ4n) is 4.12. The molecule has 0 aromatic heterocycles. The van der Waals surface area contributed by atoms with Gasteiger partial charge >= 0.3 is 0 Å². The van der Waals surface area contributed by atoms with Crippen LogP contribution in [-0.2, 0) is 11.2 Å². The van der Waals surface area contributed by atoms with Gasteiger partial charge in [0.05, 0.1) is 0 Å². The number of nitrogens with zero attached hydrogens (tertiary/aromatic N) is 1. The molecule has 2 nitrogen and oxygen atoms in total. The van der Waals surface area contributed by atoms with Crippen molar-refractivity contribution in [3.8, 4) is 0 Å². The zero-order valence-electron chi connectivity index (χ0n) is 11.8. The van der Waals surface area contributed by atoms with Crippen LogP contribution < -0.4 is 4.90 Å². The van der Waals surface area contributed by atoms with Gasteiger partial charge in [0.15, 0.2) is 0 Å². The van der Waals surface area contributed by atoms with Crippen molar-refractivity contribution in [2.45, 2.75) is 36.9 Å². The van der Waals surface area contributed by atoms with Gasteiger partial charge in [-0.1, -0.05) is 28.1 Å². The van der Waals surface area contributed by atoms with Crippen molar-refractivity contribution in [3.63, 3.8) is 0 Å². The lowest BCUT2D eigenvalue weighted by Gasteiger charge is -2.27. The van der Waals surface area contributed by atoms with Crippen molar-refractivity contribution in [1.29, 1.82) is 0 Å². The van der Waals surface area contributed by atoms with Crippen LogP contribution in [0.25, 0.3) is 0 Å². The quantitative estimate of drug-likeness (QED) is 0.747. The van der Waals surface area contributed by atoms with Crippen molar-refractivity contribution >= 4 is 27.5 Å². The van der Waals surface area contributed by atoms with Crippen molar-refractivity contribution in [1.82, 2.24) is 0 Å². The number of anilines is 1. The molecular weight excluding hydrogens is 314 g/mol. The molecule has 1 amide bonds. The minimum Gasteiger partial charge on any atom is -0.315 e. The summed E-state index contributed by atoms with van der Waals surface area (Å²) >= 11 is 3.94. The summed E-state index contributed by atoms with van der Waals surface area (Å²) in [4.78, 5) is 14.0. The smallest absolute Gasteiger partial charge is 0.227 e. The largest absolute Gasteiger partial charge is 0.315 e. The van der Waals surface area contributed by atoms with Gasteiger partial charge in [0.1, 0.15) is 0 Å². The van der Waals surface area contributed by atoms with Crippen LogP contribution in [0.15, 0.2) is 18.2 Å². The average molecular weight is 334 g/mol. The molecule has 3 atom stereocenters. The summed E-state index contributed by atoms with van der Waals surface area (Å²) in [6.45, 7) is 0. The molecule has 2 aliphatic carbocycles. The molecule has 1 aromatic carbocycles. The normalized spacial score (nSPS) is 32.8. The predicted octanol–water partition coefficient (Wildman–Crippen LogP) is 4.08. The number of carbonyl (C=O) groups is 1. The topological polar surface area (TPSA) is 20.3 Å². The SMILES string of the molecule is CN1C(=O)CCc2cc(C(Br)C3CC4CC4C3)ccc21. The third-order valence-corrected chi connectivity index (χ3v) is 6.74. The van der Waals surface area contributed by atoms with Crippen LogP contribution in [0.5, 0.6) is 0 Å². The number of amides is 1. The Balaban J connectivity index is 1.58. The van der Waals surface area contributed by atoms with E-state index in [2.05, 4.69) is 34.1 Å². The fraction of sp³-hybridized carbons (Fsp3) is 0.588. The molecular formula is C17H20BrNO. The molecule has 4 rings (SSSR count). The summed E-state index contributed by atoms with van der Waals surface area (Å²) in [7, 11) is 1.89. The van der Waals surface area contributed by atoms with Gasteiger partial charge in [-0.3, -0.25) is 4.79 Å². The van der Waals surface area contributed by atoms with Crippen molar-refractivity contribution < 1.29 is 4.79 Å². The van der Waals surface area contributed by atoms with E-state index in [1.165, 1.54) is 30.4 Å². The third kappa shape index (κ3) is 2.02. The van der Waals surface area contributed by atoms with Crippen LogP contribution in [-0.4, -0.2) is 13.0 Å². The summed E-state index contributed by atoms with van der Waals surface area (Å²) in [5.41, 5.74) is 3.83. The highest BCUT2D eigenvalue weighted by Gasteiger charge is 2.47. The number of carbonyl (C=O) groups excluding carboxylic acids is 1. The maximum absolute atomic E-state index is 11.7. The van der Waals surface area contributed by atoms with Crippen LogP contribution in [0.4, 0.5) is 5.69 Å². The van der Waals surface area contributed by atoms with E-state index < -0.39 is 0 Å². The van der Waals surface area contributed by atoms with Gasteiger partial charge in [0.25, 0.3) is 0 Å². The number of halogens is 1. The molecule has 1 aromatic rings. The average Bonchev–Trinajstić information content (AvgIpc) is 3.08. The molecule has 2 fully saturated rings. The van der Waals surface area contributed by atoms with Gasteiger partial charge in [-0.05, 0) is 60.6 Å². The monoisotopic (exact) mass is 333 g/mol. The molecule has 2 saturated carbocycles. The Kier molecular flexibility index (Phi) is 2.95. The highest BCUT2D eigenvalue weighted by molar-refractivity contribution is 9.09. The highest BCUT2D eigenvalue weighted by atomic mass is 79.9. The summed E-state index contributed by atoms with van der Waals surface area (Å²) < 4.78 is 0. The zero-order valence-corrected chi connectivity index (χ0v) is 13.4. The van der Waals surface area contributed by atoms with E-state index in [1.54, 1.807) is 4.90 Å². The number of alkyl halides is 1. The van der Waals surface area contributed by atoms with E-state index >= 15 is 0 Å². The van der Waals surface area contributed by atoms with E-state index in [4.69, 9.17) is 0 Å². The number of hydrogen-bond acceptors (Lipinski definition) is 1. The van der Waals surface area contributed by atoms with Gasteiger partial charge in [0, 0.05) is 24.0 Å². The first kappa shape index (κ1) is 12.9. The van der Waals surface area contributed by atoms with Crippen molar-refractivity contribution in [2.75, 3.05) is 11.9 Å². The first-order valence-corrected chi connectivity index (χ1v) is 8.58. The Morgan fingerprint density at radius 1 is 1.20 bits per heavy atom. The number of hydrogen-bond donors (Lipinski definition) is 0. The minimum atomic E-state index is 0.233. The van der Waals surface area contributed by atoms with Crippen LogP contribution in [0.3, 0.4) is 0 Å². The van der Waals surface area contributed by atoms with Gasteiger partial charge in [0.2, 0.25) is 5.91 Å². The Labute approximate surface area is 128 Å². The summed E-state index contributed by atoms with van der Waals surface area (Å²) in [6, 6.07) is 6.66. The first-order valence-electron chi connectivity index (χ1n) is 7.67. The summed E-state index contributed by atoms with van der Waals surface area (Å²) in [5, 5.41) is 0. The van der Waals surface area contributed by atoms with Crippen LogP contribution in [0.2, 0.25) is 0 Å². The second-order valence-corrected chi connectivity index (χ2v) is 7.72. The Morgan fingerprint density at radius 3 is 2.70 bits per heavy atom. The van der Waals surface area contributed by atoms with E-state index in [1.807, 2.05) is 7.05 Å². The second kappa shape index (κ2) is 4.59. The molecule has 20 heavy (non-hydrogen) atoms. The molecule has 0 spiro atoms. The maximum Gasteiger partial charge on any atom is 0.227 e. The first-order chi connectivity index (χ1) is 9.63. The Hall–Kier alpha value is -0.830. The molecule has 3 aliphatic rings. The lowest BCUT2D eigenvalue weighted by atomic mass is 9.91. The number of fused-ring (bicyclic) bond motifs is 2. The molecule has 0 bridgehead atoms. The summed E-state index contributed by atoms with van der Waals surface area (Å²) in [5.74, 6) is 3.10. The minimum absolute atomic E-state index is 0.233. The van der Waals surface area contributed by atoms with E-state index in [0.717, 1.165) is 29.9 Å². The molecule has 0 radical (unpaired) electrons. The number of rotatable bonds is 2. The Morgan fingerprint density at radius 2 is 1.95 bits per heavy atom. The van der Waals surface area contributed by atoms with Crippen LogP contribution >= 0.6 is 15.9 Å². The molecule has 3 unspecified atom stereocenters. The molecule has 0 N–H and O–H groups in total. The zero-order chi connectivity index (χ0) is 13.9. The molecule has 3 heteroatoms.